The normalized spacial score (nSPS) is 12.5. The molecule has 1 aromatic heterocycles. The van der Waals surface area contributed by atoms with E-state index in [4.69, 9.17) is 14.2 Å². The average molecular weight is 431 g/mol. The fourth-order valence-corrected chi connectivity index (χ4v) is 3.29. The van der Waals surface area contributed by atoms with Gasteiger partial charge in [0, 0.05) is 25.0 Å². The van der Waals surface area contributed by atoms with Crippen molar-refractivity contribution in [2.24, 2.45) is 0 Å². The van der Waals surface area contributed by atoms with Crippen LogP contribution in [0.3, 0.4) is 0 Å². The van der Waals surface area contributed by atoms with Crippen molar-refractivity contribution in [1.82, 2.24) is 4.98 Å². The molecule has 2 aromatic carbocycles. The lowest BCUT2D eigenvalue weighted by molar-refractivity contribution is -0.111. The van der Waals surface area contributed by atoms with Crippen LogP contribution >= 0.6 is 0 Å². The van der Waals surface area contributed by atoms with Gasteiger partial charge in [0.2, 0.25) is 11.8 Å². The lowest BCUT2D eigenvalue weighted by Gasteiger charge is -2.15. The summed E-state index contributed by atoms with van der Waals surface area (Å²) in [6.45, 7) is 0. The number of aromatic nitrogens is 1. The van der Waals surface area contributed by atoms with Crippen molar-refractivity contribution in [3.05, 3.63) is 71.9 Å². The largest absolute Gasteiger partial charge is 0.493 e. The highest BCUT2D eigenvalue weighted by Gasteiger charge is 2.26. The van der Waals surface area contributed by atoms with Gasteiger partial charge in [-0.15, -0.1) is 0 Å². The number of carbonyl (C=O) groups is 2. The van der Waals surface area contributed by atoms with Crippen molar-refractivity contribution in [2.45, 2.75) is 0 Å². The van der Waals surface area contributed by atoms with Crippen LogP contribution in [0.2, 0.25) is 0 Å². The van der Waals surface area contributed by atoms with Crippen LogP contribution in [-0.2, 0) is 4.79 Å². The Morgan fingerprint density at radius 3 is 2.69 bits per heavy atom. The first-order chi connectivity index (χ1) is 15.5. The van der Waals surface area contributed by atoms with E-state index in [1.54, 1.807) is 76.0 Å². The van der Waals surface area contributed by atoms with Crippen LogP contribution < -0.4 is 24.4 Å². The van der Waals surface area contributed by atoms with Crippen molar-refractivity contribution in [3.63, 3.8) is 0 Å². The second-order valence-corrected chi connectivity index (χ2v) is 6.94. The molecule has 2 amide bonds. The molecular weight excluding hydrogens is 410 g/mol. The number of nitrogens with zero attached hydrogens (tertiary/aromatic N) is 2. The van der Waals surface area contributed by atoms with Crippen LogP contribution in [-0.4, -0.2) is 38.1 Å². The van der Waals surface area contributed by atoms with E-state index < -0.39 is 0 Å². The third-order valence-corrected chi connectivity index (χ3v) is 4.94. The molecule has 4 rings (SSSR count). The lowest BCUT2D eigenvalue weighted by Crippen LogP contribution is -2.25. The molecule has 0 bridgehead atoms. The topological polar surface area (TPSA) is 90.0 Å². The van der Waals surface area contributed by atoms with Gasteiger partial charge >= 0.3 is 0 Å². The number of hydrogen-bond donors (Lipinski definition) is 1. The quantitative estimate of drug-likeness (QED) is 0.611. The molecule has 3 aromatic rings. The summed E-state index contributed by atoms with van der Waals surface area (Å²) < 4.78 is 16.3. The summed E-state index contributed by atoms with van der Waals surface area (Å²) in [5, 5.41) is 2.77. The van der Waals surface area contributed by atoms with E-state index in [-0.39, 0.29) is 11.8 Å². The SMILES string of the molecule is COc1ccc(/C=C/C(=O)Nc2ccc3c(c2)C(=O)N(C)c2cccnc2O3)cc1OC. The maximum absolute atomic E-state index is 12.9. The molecule has 0 spiro atoms. The van der Waals surface area contributed by atoms with Crippen molar-refractivity contribution < 1.29 is 23.8 Å². The highest BCUT2D eigenvalue weighted by atomic mass is 16.5. The van der Waals surface area contributed by atoms with Crippen LogP contribution in [0.15, 0.2) is 60.8 Å². The minimum atomic E-state index is -0.347. The standard InChI is InChI=1S/C24H21N3O5/c1-27-18-5-4-12-25-23(18)32-19-10-8-16(14-17(19)24(27)29)26-22(28)11-7-15-6-9-20(30-2)21(13-15)31-3/h4-14H,1-3H3,(H,26,28)/b11-7+. The van der Waals surface area contributed by atoms with E-state index >= 15 is 0 Å². The maximum Gasteiger partial charge on any atom is 0.262 e. The van der Waals surface area contributed by atoms with Crippen molar-refractivity contribution in [3.8, 4) is 23.1 Å². The highest BCUT2D eigenvalue weighted by molar-refractivity contribution is 6.10. The molecule has 0 fully saturated rings. The summed E-state index contributed by atoms with van der Waals surface area (Å²) in [6, 6.07) is 13.7. The molecule has 0 radical (unpaired) electrons. The minimum absolute atomic E-state index is 0.260. The molecule has 2 heterocycles. The third kappa shape index (κ3) is 4.11. The van der Waals surface area contributed by atoms with E-state index in [2.05, 4.69) is 10.3 Å². The fraction of sp³-hybridized carbons (Fsp3) is 0.125. The Kier molecular flexibility index (Phi) is 5.76. The number of amides is 2. The van der Waals surface area contributed by atoms with Gasteiger partial charge in [0.05, 0.1) is 19.8 Å². The van der Waals surface area contributed by atoms with E-state index in [9.17, 15) is 9.59 Å². The summed E-state index contributed by atoms with van der Waals surface area (Å²) >= 11 is 0. The van der Waals surface area contributed by atoms with Crippen LogP contribution in [0.4, 0.5) is 11.4 Å². The second-order valence-electron chi connectivity index (χ2n) is 6.94. The molecule has 0 atom stereocenters. The molecule has 1 aliphatic rings. The Morgan fingerprint density at radius 2 is 1.91 bits per heavy atom. The molecule has 0 aliphatic carbocycles. The van der Waals surface area contributed by atoms with Gasteiger partial charge in [-0.25, -0.2) is 4.98 Å². The van der Waals surface area contributed by atoms with Crippen LogP contribution in [0.5, 0.6) is 23.1 Å². The molecular formula is C24H21N3O5. The van der Waals surface area contributed by atoms with E-state index in [1.165, 1.54) is 11.0 Å². The number of rotatable bonds is 5. The van der Waals surface area contributed by atoms with Gasteiger partial charge in [0.25, 0.3) is 5.91 Å². The Hall–Kier alpha value is -4.33. The van der Waals surface area contributed by atoms with Crippen LogP contribution in [0, 0.1) is 0 Å². The number of methoxy groups -OCH3 is 2. The van der Waals surface area contributed by atoms with Gasteiger partial charge < -0.3 is 24.4 Å². The van der Waals surface area contributed by atoms with E-state index in [0.29, 0.717) is 40.1 Å². The zero-order valence-electron chi connectivity index (χ0n) is 17.8. The minimum Gasteiger partial charge on any atom is -0.493 e. The molecule has 0 saturated heterocycles. The number of anilines is 2. The maximum atomic E-state index is 12.9. The number of carbonyl (C=O) groups excluding carboxylic acids is 2. The van der Waals surface area contributed by atoms with Crippen molar-refractivity contribution in [2.75, 3.05) is 31.5 Å². The van der Waals surface area contributed by atoms with E-state index in [0.717, 1.165) is 5.56 Å². The lowest BCUT2D eigenvalue weighted by atomic mass is 10.1. The summed E-state index contributed by atoms with van der Waals surface area (Å²) in [6.07, 6.45) is 4.66. The fourth-order valence-electron chi connectivity index (χ4n) is 3.29. The third-order valence-electron chi connectivity index (χ3n) is 4.94. The van der Waals surface area contributed by atoms with Gasteiger partial charge in [-0.2, -0.15) is 0 Å². The first-order valence-electron chi connectivity index (χ1n) is 9.76. The van der Waals surface area contributed by atoms with Crippen molar-refractivity contribution >= 4 is 29.3 Å². The zero-order chi connectivity index (χ0) is 22.7. The van der Waals surface area contributed by atoms with E-state index in [1.807, 2.05) is 6.07 Å². The molecule has 32 heavy (non-hydrogen) atoms. The van der Waals surface area contributed by atoms with Crippen LogP contribution in [0.25, 0.3) is 6.08 Å². The Labute approximate surface area is 185 Å². The summed E-state index contributed by atoms with van der Waals surface area (Å²) in [5.41, 5.74) is 2.13. The highest BCUT2D eigenvalue weighted by Crippen LogP contribution is 2.37. The number of benzene rings is 2. The van der Waals surface area contributed by atoms with Crippen LogP contribution in [0.1, 0.15) is 15.9 Å². The smallest absolute Gasteiger partial charge is 0.262 e. The molecule has 8 nitrogen and oxygen atoms in total. The number of nitrogens with one attached hydrogen (secondary N) is 1. The average Bonchev–Trinajstić information content (AvgIpc) is 2.92. The Morgan fingerprint density at radius 1 is 1.09 bits per heavy atom. The van der Waals surface area contributed by atoms with Gasteiger partial charge in [-0.1, -0.05) is 6.07 Å². The summed E-state index contributed by atoms with van der Waals surface area (Å²) in [5.74, 6) is 1.28. The van der Waals surface area contributed by atoms with Gasteiger partial charge in [0.1, 0.15) is 11.4 Å². The van der Waals surface area contributed by atoms with Gasteiger partial charge in [0.15, 0.2) is 11.5 Å². The zero-order valence-corrected chi connectivity index (χ0v) is 17.8. The molecule has 8 heteroatoms. The molecule has 0 unspecified atom stereocenters. The monoisotopic (exact) mass is 431 g/mol. The number of ether oxygens (including phenoxy) is 3. The number of pyridine rings is 1. The molecule has 1 N–H and O–H groups in total. The number of hydrogen-bond acceptors (Lipinski definition) is 6. The Bertz CT molecular complexity index is 1220. The Balaban J connectivity index is 1.52. The summed E-state index contributed by atoms with van der Waals surface area (Å²) in [4.78, 5) is 31.0. The first-order valence-corrected chi connectivity index (χ1v) is 9.76. The predicted octanol–water partition coefficient (Wildman–Crippen LogP) is 4.13. The molecule has 162 valence electrons. The predicted molar refractivity (Wildman–Crippen MR) is 121 cm³/mol. The first kappa shape index (κ1) is 20.9. The second kappa shape index (κ2) is 8.81. The van der Waals surface area contributed by atoms with Gasteiger partial charge in [-0.3, -0.25) is 9.59 Å². The van der Waals surface area contributed by atoms with Crippen molar-refractivity contribution in [1.29, 1.82) is 0 Å². The van der Waals surface area contributed by atoms with Gasteiger partial charge in [-0.05, 0) is 54.1 Å². The molecule has 1 aliphatic heterocycles. The number of fused-ring (bicyclic) bond motifs is 2. The molecule has 0 saturated carbocycles. The summed E-state index contributed by atoms with van der Waals surface area (Å²) in [7, 11) is 4.76.